The van der Waals surface area contributed by atoms with E-state index in [1.807, 2.05) is 55.5 Å². The molecule has 2 N–H and O–H groups in total. The van der Waals surface area contributed by atoms with Crippen LogP contribution in [0.2, 0.25) is 0 Å². The molecule has 0 aromatic heterocycles. The Kier molecular flexibility index (Phi) is 7.25. The highest BCUT2D eigenvalue weighted by Gasteiger charge is 2.25. The van der Waals surface area contributed by atoms with E-state index in [9.17, 15) is 9.59 Å². The Morgan fingerprint density at radius 2 is 1.69 bits per heavy atom. The first-order valence-corrected chi connectivity index (χ1v) is 10.0. The smallest absolute Gasteiger partial charge is 0.238 e. The molecule has 1 fully saturated rings. The van der Waals surface area contributed by atoms with E-state index in [1.54, 1.807) is 7.11 Å². The molecule has 1 heterocycles. The zero-order valence-corrected chi connectivity index (χ0v) is 17.1. The maximum atomic E-state index is 12.5. The van der Waals surface area contributed by atoms with Crippen LogP contribution in [0.1, 0.15) is 24.0 Å². The Labute approximate surface area is 172 Å². The van der Waals surface area contributed by atoms with E-state index < -0.39 is 0 Å². The molecule has 2 amide bonds. The Bertz CT molecular complexity index is 810. The van der Waals surface area contributed by atoms with E-state index >= 15 is 0 Å². The molecule has 6 heteroatoms. The number of piperidine rings is 1. The van der Waals surface area contributed by atoms with Gasteiger partial charge in [0, 0.05) is 18.2 Å². The molecule has 1 saturated heterocycles. The van der Waals surface area contributed by atoms with Crippen LogP contribution in [-0.2, 0) is 16.1 Å². The number of ether oxygens (including phenoxy) is 1. The second-order valence-corrected chi connectivity index (χ2v) is 7.53. The monoisotopic (exact) mass is 395 g/mol. The molecular formula is C23H29N3O3. The Balaban J connectivity index is 1.38. The van der Waals surface area contributed by atoms with Gasteiger partial charge in [0.25, 0.3) is 0 Å². The number of carbonyl (C=O) groups excluding carboxylic acids is 2. The predicted octanol–water partition coefficient (Wildman–Crippen LogP) is 2.97. The third-order valence-electron chi connectivity index (χ3n) is 5.29. The first kappa shape index (κ1) is 20.9. The van der Waals surface area contributed by atoms with Crippen LogP contribution in [0.4, 0.5) is 5.69 Å². The lowest BCUT2D eigenvalue weighted by Gasteiger charge is -2.30. The van der Waals surface area contributed by atoms with Crippen molar-refractivity contribution in [1.82, 2.24) is 10.2 Å². The number of hydrogen-bond donors (Lipinski definition) is 2. The highest BCUT2D eigenvalue weighted by atomic mass is 16.5. The number of carbonyl (C=O) groups is 2. The number of rotatable bonds is 7. The molecule has 1 aliphatic rings. The third kappa shape index (κ3) is 6.32. The fourth-order valence-corrected chi connectivity index (χ4v) is 3.47. The molecule has 0 aliphatic carbocycles. The molecule has 2 aromatic rings. The van der Waals surface area contributed by atoms with Gasteiger partial charge in [-0.05, 0) is 62.7 Å². The second kappa shape index (κ2) is 10.1. The van der Waals surface area contributed by atoms with Crippen LogP contribution >= 0.6 is 0 Å². The summed E-state index contributed by atoms with van der Waals surface area (Å²) in [7, 11) is 1.63. The van der Waals surface area contributed by atoms with E-state index in [1.165, 1.54) is 0 Å². The minimum absolute atomic E-state index is 0.00431. The lowest BCUT2D eigenvalue weighted by atomic mass is 9.96. The number of aryl methyl sites for hydroxylation is 1. The maximum absolute atomic E-state index is 12.5. The number of amides is 2. The lowest BCUT2D eigenvalue weighted by molar-refractivity contribution is -0.126. The lowest BCUT2D eigenvalue weighted by Crippen LogP contribution is -2.43. The predicted molar refractivity (Wildman–Crippen MR) is 114 cm³/mol. The molecule has 3 rings (SSSR count). The minimum Gasteiger partial charge on any atom is -0.497 e. The van der Waals surface area contributed by atoms with Crippen LogP contribution in [-0.4, -0.2) is 43.5 Å². The fourth-order valence-electron chi connectivity index (χ4n) is 3.47. The van der Waals surface area contributed by atoms with Crippen molar-refractivity contribution in [3.8, 4) is 5.75 Å². The normalized spacial score (nSPS) is 15.0. The highest BCUT2D eigenvalue weighted by molar-refractivity contribution is 5.92. The van der Waals surface area contributed by atoms with Gasteiger partial charge in [0.1, 0.15) is 5.75 Å². The van der Waals surface area contributed by atoms with Gasteiger partial charge in [-0.15, -0.1) is 0 Å². The van der Waals surface area contributed by atoms with Gasteiger partial charge in [-0.2, -0.15) is 0 Å². The SMILES string of the molecule is COc1ccc(CNC(=O)C2CCN(CC(=O)Nc3ccc(C)cc3)CC2)cc1. The minimum atomic E-state index is -0.0174. The van der Waals surface area contributed by atoms with Crippen molar-refractivity contribution in [1.29, 1.82) is 0 Å². The number of likely N-dealkylation sites (tertiary alicyclic amines) is 1. The second-order valence-electron chi connectivity index (χ2n) is 7.53. The Morgan fingerprint density at radius 3 is 2.31 bits per heavy atom. The average Bonchev–Trinajstić information content (AvgIpc) is 2.74. The summed E-state index contributed by atoms with van der Waals surface area (Å²) in [6.45, 7) is 4.39. The zero-order chi connectivity index (χ0) is 20.6. The van der Waals surface area contributed by atoms with E-state index in [2.05, 4.69) is 15.5 Å². The van der Waals surface area contributed by atoms with Crippen LogP contribution in [0.3, 0.4) is 0 Å². The first-order chi connectivity index (χ1) is 14.0. The molecule has 154 valence electrons. The summed E-state index contributed by atoms with van der Waals surface area (Å²) >= 11 is 0. The van der Waals surface area contributed by atoms with E-state index in [0.717, 1.165) is 48.5 Å². The number of nitrogens with zero attached hydrogens (tertiary/aromatic N) is 1. The van der Waals surface area contributed by atoms with Crippen molar-refractivity contribution in [2.45, 2.75) is 26.3 Å². The summed E-state index contributed by atoms with van der Waals surface area (Å²) in [5.74, 6) is 0.879. The molecule has 0 radical (unpaired) electrons. The van der Waals surface area contributed by atoms with Gasteiger partial charge in [0.05, 0.1) is 13.7 Å². The van der Waals surface area contributed by atoms with Crippen molar-refractivity contribution in [2.24, 2.45) is 5.92 Å². The van der Waals surface area contributed by atoms with Crippen LogP contribution in [0, 0.1) is 12.8 Å². The number of benzene rings is 2. The largest absolute Gasteiger partial charge is 0.497 e. The van der Waals surface area contributed by atoms with Gasteiger partial charge < -0.3 is 15.4 Å². The molecule has 29 heavy (non-hydrogen) atoms. The molecule has 0 atom stereocenters. The van der Waals surface area contributed by atoms with Crippen LogP contribution in [0.15, 0.2) is 48.5 Å². The van der Waals surface area contributed by atoms with Crippen molar-refractivity contribution in [2.75, 3.05) is 32.1 Å². The van der Waals surface area contributed by atoms with E-state index in [4.69, 9.17) is 4.74 Å². The highest BCUT2D eigenvalue weighted by Crippen LogP contribution is 2.18. The molecule has 0 saturated carbocycles. The van der Waals surface area contributed by atoms with Crippen molar-refractivity contribution >= 4 is 17.5 Å². The third-order valence-corrected chi connectivity index (χ3v) is 5.29. The Morgan fingerprint density at radius 1 is 1.03 bits per heavy atom. The van der Waals surface area contributed by atoms with Gasteiger partial charge in [-0.25, -0.2) is 0 Å². The van der Waals surface area contributed by atoms with Crippen LogP contribution in [0.5, 0.6) is 5.75 Å². The summed E-state index contributed by atoms with van der Waals surface area (Å²) in [6.07, 6.45) is 1.54. The van der Waals surface area contributed by atoms with Gasteiger partial charge >= 0.3 is 0 Å². The van der Waals surface area contributed by atoms with Crippen molar-refractivity contribution < 1.29 is 14.3 Å². The number of anilines is 1. The molecule has 6 nitrogen and oxygen atoms in total. The molecule has 0 bridgehead atoms. The van der Waals surface area contributed by atoms with Crippen LogP contribution in [0.25, 0.3) is 0 Å². The van der Waals surface area contributed by atoms with E-state index in [-0.39, 0.29) is 17.7 Å². The number of methoxy groups -OCH3 is 1. The summed E-state index contributed by atoms with van der Waals surface area (Å²) < 4.78 is 5.14. The Hall–Kier alpha value is -2.86. The van der Waals surface area contributed by atoms with Crippen molar-refractivity contribution in [3.05, 3.63) is 59.7 Å². The first-order valence-electron chi connectivity index (χ1n) is 10.0. The number of hydrogen-bond acceptors (Lipinski definition) is 4. The van der Waals surface area contributed by atoms with Gasteiger partial charge in [-0.3, -0.25) is 14.5 Å². The topological polar surface area (TPSA) is 70.7 Å². The summed E-state index contributed by atoms with van der Waals surface area (Å²) in [5, 5.41) is 5.95. The fraction of sp³-hybridized carbons (Fsp3) is 0.391. The summed E-state index contributed by atoms with van der Waals surface area (Å²) in [5.41, 5.74) is 3.02. The standard InChI is InChI=1S/C23H29N3O3/c1-17-3-7-20(8-4-17)25-22(27)16-26-13-11-19(12-14-26)23(28)24-15-18-5-9-21(29-2)10-6-18/h3-10,19H,11-16H2,1-2H3,(H,24,28)(H,25,27). The van der Waals surface area contributed by atoms with Crippen LogP contribution < -0.4 is 15.4 Å². The number of nitrogens with one attached hydrogen (secondary N) is 2. The summed E-state index contributed by atoms with van der Waals surface area (Å²) in [6, 6.07) is 15.5. The van der Waals surface area contributed by atoms with Crippen molar-refractivity contribution in [3.63, 3.8) is 0 Å². The van der Waals surface area contributed by atoms with E-state index in [0.29, 0.717) is 13.1 Å². The maximum Gasteiger partial charge on any atom is 0.238 e. The van der Waals surface area contributed by atoms with Gasteiger partial charge in [-0.1, -0.05) is 29.8 Å². The molecular weight excluding hydrogens is 366 g/mol. The zero-order valence-electron chi connectivity index (χ0n) is 17.1. The van der Waals surface area contributed by atoms with Gasteiger partial charge in [0.2, 0.25) is 11.8 Å². The molecule has 0 unspecified atom stereocenters. The summed E-state index contributed by atoms with van der Waals surface area (Å²) in [4.78, 5) is 26.8. The quantitative estimate of drug-likeness (QED) is 0.756. The average molecular weight is 396 g/mol. The molecule has 1 aliphatic heterocycles. The van der Waals surface area contributed by atoms with Gasteiger partial charge in [0.15, 0.2) is 0 Å². The molecule has 2 aromatic carbocycles. The molecule has 0 spiro atoms.